The molecule has 2 aliphatic rings. The van der Waals surface area contributed by atoms with Gasteiger partial charge in [0.15, 0.2) is 11.4 Å². The number of methoxy groups -OCH3 is 1. The first-order valence-corrected chi connectivity index (χ1v) is 10.8. The van der Waals surface area contributed by atoms with Gasteiger partial charge in [0.2, 0.25) is 10.0 Å². The topological polar surface area (TPSA) is 119 Å². The monoisotopic (exact) mass is 430 g/mol. The van der Waals surface area contributed by atoms with Crippen molar-refractivity contribution in [3.05, 3.63) is 52.5 Å². The number of carbonyl (C=O) groups excluding carboxylic acids is 1. The van der Waals surface area contributed by atoms with Crippen LogP contribution in [0.5, 0.6) is 11.5 Å². The fourth-order valence-electron chi connectivity index (χ4n) is 4.08. The van der Waals surface area contributed by atoms with Gasteiger partial charge < -0.3 is 13.9 Å². The average Bonchev–Trinajstić information content (AvgIpc) is 3.30. The van der Waals surface area contributed by atoms with Crippen LogP contribution in [0.2, 0.25) is 0 Å². The average molecular weight is 430 g/mol. The molecule has 0 aliphatic carbocycles. The van der Waals surface area contributed by atoms with E-state index in [9.17, 15) is 18.0 Å². The zero-order valence-corrected chi connectivity index (χ0v) is 16.8. The number of sulfonamides is 1. The number of aromatic nitrogens is 1. The van der Waals surface area contributed by atoms with E-state index < -0.39 is 21.4 Å². The first-order valence-electron chi connectivity index (χ1n) is 9.33. The predicted octanol–water partition coefficient (Wildman–Crippen LogP) is 1.93. The molecule has 5 rings (SSSR count). The van der Waals surface area contributed by atoms with E-state index in [1.165, 1.54) is 29.6 Å². The Morgan fingerprint density at radius 2 is 2.00 bits per heavy atom. The minimum Gasteiger partial charge on any atom is -0.497 e. The predicted molar refractivity (Wildman–Crippen MR) is 106 cm³/mol. The third kappa shape index (κ3) is 2.91. The molecule has 3 aromatic rings. The van der Waals surface area contributed by atoms with E-state index >= 15 is 0 Å². The molecule has 0 amide bonds. The summed E-state index contributed by atoms with van der Waals surface area (Å²) < 4.78 is 43.9. The lowest BCUT2D eigenvalue weighted by atomic mass is 9.89. The second-order valence-corrected chi connectivity index (χ2v) is 9.45. The van der Waals surface area contributed by atoms with Crippen LogP contribution in [-0.2, 0) is 10.0 Å². The molecule has 1 unspecified atom stereocenters. The van der Waals surface area contributed by atoms with Gasteiger partial charge in [-0.1, -0.05) is 0 Å². The summed E-state index contributed by atoms with van der Waals surface area (Å²) in [6, 6.07) is 9.24. The number of hydrogen-bond donors (Lipinski definition) is 1. The summed E-state index contributed by atoms with van der Waals surface area (Å²) in [4.78, 5) is 26.6. The summed E-state index contributed by atoms with van der Waals surface area (Å²) in [7, 11) is -2.33. The molecule has 1 aromatic heterocycles. The summed E-state index contributed by atoms with van der Waals surface area (Å²) in [6.45, 7) is 0.276. The molecule has 2 aliphatic heterocycles. The lowest BCUT2D eigenvalue weighted by Gasteiger charge is -2.34. The van der Waals surface area contributed by atoms with Crippen LogP contribution in [0.3, 0.4) is 0 Å². The van der Waals surface area contributed by atoms with Gasteiger partial charge in [0.05, 0.1) is 36.1 Å². The molecule has 1 fully saturated rings. The summed E-state index contributed by atoms with van der Waals surface area (Å²) in [5, 5.41) is 0. The van der Waals surface area contributed by atoms with E-state index in [0.29, 0.717) is 29.0 Å². The SMILES string of the molecule is COc1ccc2c(c1)C(=O)CC1(CCN(S(=O)(=O)c3ccc4[nH]c(=O)oc4c3)C1)O2. The molecule has 156 valence electrons. The number of H-pyrrole nitrogens is 1. The number of ketones is 1. The molecule has 2 aromatic carbocycles. The van der Waals surface area contributed by atoms with Crippen LogP contribution in [0.15, 0.2) is 50.5 Å². The van der Waals surface area contributed by atoms with Crippen LogP contribution in [0.4, 0.5) is 0 Å². The fraction of sp³-hybridized carbons (Fsp3) is 0.300. The van der Waals surface area contributed by atoms with Crippen LogP contribution in [0.25, 0.3) is 11.1 Å². The van der Waals surface area contributed by atoms with Crippen molar-refractivity contribution in [2.24, 2.45) is 0 Å². The van der Waals surface area contributed by atoms with Crippen molar-refractivity contribution in [2.75, 3.05) is 20.2 Å². The number of oxazole rings is 1. The summed E-state index contributed by atoms with van der Waals surface area (Å²) in [6.07, 6.45) is 0.482. The first-order chi connectivity index (χ1) is 14.3. The van der Waals surface area contributed by atoms with Gasteiger partial charge in [0.25, 0.3) is 0 Å². The normalized spacial score (nSPS) is 21.7. The van der Waals surface area contributed by atoms with Crippen LogP contribution in [0, 0.1) is 0 Å². The summed E-state index contributed by atoms with van der Waals surface area (Å²) in [5.74, 6) is 0.236. The Morgan fingerprint density at radius 3 is 2.80 bits per heavy atom. The second-order valence-electron chi connectivity index (χ2n) is 7.51. The zero-order chi connectivity index (χ0) is 21.1. The number of nitrogens with zero attached hydrogens (tertiary/aromatic N) is 1. The Morgan fingerprint density at radius 1 is 1.17 bits per heavy atom. The third-order valence-corrected chi connectivity index (χ3v) is 7.45. The maximum atomic E-state index is 13.2. The molecule has 1 atom stereocenters. The second kappa shape index (κ2) is 6.44. The van der Waals surface area contributed by atoms with Crippen LogP contribution in [0.1, 0.15) is 23.2 Å². The van der Waals surface area contributed by atoms with Crippen molar-refractivity contribution in [2.45, 2.75) is 23.3 Å². The van der Waals surface area contributed by atoms with Crippen molar-refractivity contribution in [1.29, 1.82) is 0 Å². The molecule has 0 radical (unpaired) electrons. The highest BCUT2D eigenvalue weighted by Crippen LogP contribution is 2.41. The fourth-order valence-corrected chi connectivity index (χ4v) is 5.61. The summed E-state index contributed by atoms with van der Waals surface area (Å²) in [5.41, 5.74) is 0.123. The number of nitrogens with one attached hydrogen (secondary N) is 1. The Hall–Kier alpha value is -3.11. The molecule has 30 heavy (non-hydrogen) atoms. The lowest BCUT2D eigenvalue weighted by Crippen LogP contribution is -2.45. The van der Waals surface area contributed by atoms with E-state index in [1.807, 2.05) is 0 Å². The molecule has 1 N–H and O–H groups in total. The highest BCUT2D eigenvalue weighted by Gasteiger charge is 2.49. The Bertz CT molecular complexity index is 1340. The molecular formula is C20H18N2O7S. The third-order valence-electron chi connectivity index (χ3n) is 5.61. The highest BCUT2D eigenvalue weighted by atomic mass is 32.2. The number of ether oxygens (including phenoxy) is 2. The van der Waals surface area contributed by atoms with Gasteiger partial charge in [0, 0.05) is 19.0 Å². The van der Waals surface area contributed by atoms with Crippen LogP contribution in [-0.4, -0.2) is 49.3 Å². The van der Waals surface area contributed by atoms with Crippen molar-refractivity contribution >= 4 is 26.9 Å². The van der Waals surface area contributed by atoms with Crippen molar-refractivity contribution in [3.8, 4) is 11.5 Å². The molecule has 0 bridgehead atoms. The van der Waals surface area contributed by atoms with E-state index in [1.54, 1.807) is 18.2 Å². The van der Waals surface area contributed by atoms with Crippen molar-refractivity contribution < 1.29 is 27.1 Å². The maximum Gasteiger partial charge on any atom is 0.417 e. The molecule has 9 nitrogen and oxygen atoms in total. The van der Waals surface area contributed by atoms with Gasteiger partial charge in [-0.25, -0.2) is 13.2 Å². The molecule has 3 heterocycles. The van der Waals surface area contributed by atoms with E-state index in [4.69, 9.17) is 13.9 Å². The zero-order valence-electron chi connectivity index (χ0n) is 16.0. The number of fused-ring (bicyclic) bond motifs is 2. The Balaban J connectivity index is 1.44. The van der Waals surface area contributed by atoms with Gasteiger partial charge in [-0.05, 0) is 30.3 Å². The minimum absolute atomic E-state index is 0.0158. The summed E-state index contributed by atoms with van der Waals surface area (Å²) >= 11 is 0. The minimum atomic E-state index is -3.86. The Labute approximate surface area is 171 Å². The molecule has 10 heteroatoms. The van der Waals surface area contributed by atoms with E-state index in [2.05, 4.69) is 4.98 Å². The van der Waals surface area contributed by atoms with Gasteiger partial charge in [-0.15, -0.1) is 0 Å². The quantitative estimate of drug-likeness (QED) is 0.674. The van der Waals surface area contributed by atoms with Crippen LogP contribution >= 0.6 is 0 Å². The number of aromatic amines is 1. The highest BCUT2D eigenvalue weighted by molar-refractivity contribution is 7.89. The molecule has 1 spiro atoms. The maximum absolute atomic E-state index is 13.2. The Kier molecular flexibility index (Phi) is 4.06. The van der Waals surface area contributed by atoms with Crippen molar-refractivity contribution in [3.63, 3.8) is 0 Å². The largest absolute Gasteiger partial charge is 0.497 e. The van der Waals surface area contributed by atoms with Gasteiger partial charge in [-0.3, -0.25) is 9.78 Å². The molecular weight excluding hydrogens is 412 g/mol. The van der Waals surface area contributed by atoms with E-state index in [-0.39, 0.29) is 35.8 Å². The first kappa shape index (κ1) is 18.9. The van der Waals surface area contributed by atoms with Crippen LogP contribution < -0.4 is 15.2 Å². The molecule has 0 saturated carbocycles. The number of carbonyl (C=O) groups is 1. The van der Waals surface area contributed by atoms with Gasteiger partial charge in [-0.2, -0.15) is 4.31 Å². The van der Waals surface area contributed by atoms with Crippen molar-refractivity contribution in [1.82, 2.24) is 9.29 Å². The van der Waals surface area contributed by atoms with Gasteiger partial charge >= 0.3 is 5.76 Å². The number of benzene rings is 2. The number of Topliss-reactive ketones (excluding diaryl/α,β-unsaturated/α-hetero) is 1. The molecule has 1 saturated heterocycles. The number of hydrogen-bond acceptors (Lipinski definition) is 7. The lowest BCUT2D eigenvalue weighted by molar-refractivity contribution is 0.0497. The smallest absolute Gasteiger partial charge is 0.417 e. The number of rotatable bonds is 3. The van der Waals surface area contributed by atoms with Gasteiger partial charge in [0.1, 0.15) is 17.1 Å². The van der Waals surface area contributed by atoms with E-state index in [0.717, 1.165) is 0 Å². The standard InChI is InChI=1S/C20H18N2O7S/c1-27-12-2-5-17-14(8-12)16(23)10-20(29-17)6-7-22(11-20)30(25,26)13-3-4-15-18(9-13)28-19(24)21-15/h2-5,8-9H,6-7,10-11H2,1H3,(H,21,24).